The molecule has 6 nitrogen and oxygen atoms in total. The first kappa shape index (κ1) is 19.9. The summed E-state index contributed by atoms with van der Waals surface area (Å²) in [6, 6.07) is 8.29. The van der Waals surface area contributed by atoms with E-state index in [1.807, 2.05) is 0 Å². The number of nitrogens with zero attached hydrogens (tertiary/aromatic N) is 5. The van der Waals surface area contributed by atoms with Crippen molar-refractivity contribution in [3.8, 4) is 10.6 Å². The summed E-state index contributed by atoms with van der Waals surface area (Å²) in [7, 11) is 0. The third-order valence-corrected chi connectivity index (χ3v) is 8.18. The number of thiazole rings is 1. The number of rotatable bonds is 4. The van der Waals surface area contributed by atoms with Crippen LogP contribution in [0.15, 0.2) is 29.6 Å². The molecule has 2 saturated heterocycles. The van der Waals surface area contributed by atoms with E-state index in [4.69, 9.17) is 9.97 Å². The number of hydrogen-bond donors (Lipinski definition) is 0. The minimum Gasteiger partial charge on any atom is -0.348 e. The quantitative estimate of drug-likeness (QED) is 0.616. The largest absolute Gasteiger partial charge is 0.348 e. The summed E-state index contributed by atoms with van der Waals surface area (Å²) in [5.74, 6) is 0.518. The van der Waals surface area contributed by atoms with Crippen molar-refractivity contribution in [3.63, 3.8) is 0 Å². The maximum Gasteiger partial charge on any atom is 0.225 e. The molecular formula is C22H27N5OS2. The van der Waals surface area contributed by atoms with Gasteiger partial charge in [0, 0.05) is 45.2 Å². The van der Waals surface area contributed by atoms with Crippen molar-refractivity contribution < 1.29 is 4.79 Å². The van der Waals surface area contributed by atoms with Crippen LogP contribution in [-0.4, -0.2) is 71.5 Å². The zero-order chi connectivity index (χ0) is 20.5. The molecule has 5 heterocycles. The maximum atomic E-state index is 12.9. The van der Waals surface area contributed by atoms with Crippen molar-refractivity contribution in [2.75, 3.05) is 50.7 Å². The Morgan fingerprint density at radius 1 is 1.07 bits per heavy atom. The van der Waals surface area contributed by atoms with Crippen molar-refractivity contribution in [3.05, 3.63) is 29.6 Å². The standard InChI is InChI=1S/C22H27N5OS2/c1-2-25-11-13-26(14-12-25)21(28)16-7-9-27(10-8-16)22-24-18-6-5-17(23-20(18)30-22)19-4-3-15-29-19/h3-6,15-16H,2,7-14H2,1H3. The fraction of sp³-hybridized carbons (Fsp3) is 0.500. The zero-order valence-corrected chi connectivity index (χ0v) is 18.9. The van der Waals surface area contributed by atoms with Crippen LogP contribution in [0.2, 0.25) is 0 Å². The summed E-state index contributed by atoms with van der Waals surface area (Å²) >= 11 is 3.37. The third-order valence-electron chi connectivity index (χ3n) is 6.26. The lowest BCUT2D eigenvalue weighted by Crippen LogP contribution is -2.51. The van der Waals surface area contributed by atoms with Gasteiger partial charge in [0.1, 0.15) is 10.3 Å². The molecule has 3 aromatic heterocycles. The molecule has 0 unspecified atom stereocenters. The molecule has 0 spiro atoms. The molecule has 30 heavy (non-hydrogen) atoms. The molecule has 0 saturated carbocycles. The number of carbonyl (C=O) groups excluding carboxylic acids is 1. The van der Waals surface area contributed by atoms with Gasteiger partial charge >= 0.3 is 0 Å². The highest BCUT2D eigenvalue weighted by Gasteiger charge is 2.31. The van der Waals surface area contributed by atoms with Crippen LogP contribution in [0.5, 0.6) is 0 Å². The van der Waals surface area contributed by atoms with E-state index in [2.05, 4.69) is 51.3 Å². The number of piperazine rings is 1. The SMILES string of the molecule is CCN1CCN(C(=O)C2CCN(c3nc4ccc(-c5cccs5)nc4s3)CC2)CC1. The summed E-state index contributed by atoms with van der Waals surface area (Å²) in [4.78, 5) is 31.6. The van der Waals surface area contributed by atoms with Crippen LogP contribution in [0.1, 0.15) is 19.8 Å². The molecule has 0 bridgehead atoms. The van der Waals surface area contributed by atoms with E-state index in [0.29, 0.717) is 5.91 Å². The molecule has 1 amide bonds. The Balaban J connectivity index is 1.22. The number of aromatic nitrogens is 2. The number of likely N-dealkylation sites (N-methyl/N-ethyl adjacent to an activating group) is 1. The topological polar surface area (TPSA) is 52.6 Å². The summed E-state index contributed by atoms with van der Waals surface area (Å²) in [5, 5.41) is 3.11. The molecule has 2 aliphatic rings. The fourth-order valence-corrected chi connectivity index (χ4v) is 6.05. The highest BCUT2D eigenvalue weighted by atomic mass is 32.1. The van der Waals surface area contributed by atoms with E-state index >= 15 is 0 Å². The number of fused-ring (bicyclic) bond motifs is 1. The lowest BCUT2D eigenvalue weighted by atomic mass is 9.95. The van der Waals surface area contributed by atoms with Crippen LogP contribution in [-0.2, 0) is 4.79 Å². The van der Waals surface area contributed by atoms with Gasteiger partial charge in [0.2, 0.25) is 5.91 Å². The van der Waals surface area contributed by atoms with E-state index in [0.717, 1.165) is 79.8 Å². The highest BCUT2D eigenvalue weighted by molar-refractivity contribution is 7.21. The molecule has 158 valence electrons. The predicted octanol–water partition coefficient (Wildman–Crippen LogP) is 3.80. The Bertz CT molecular complexity index is 1000. The first-order chi connectivity index (χ1) is 14.7. The second-order valence-electron chi connectivity index (χ2n) is 8.02. The molecule has 5 rings (SSSR count). The van der Waals surface area contributed by atoms with Gasteiger partial charge in [-0.2, -0.15) is 0 Å². The van der Waals surface area contributed by atoms with Gasteiger partial charge in [0.15, 0.2) is 5.13 Å². The first-order valence-corrected chi connectivity index (χ1v) is 12.5. The fourth-order valence-electron chi connectivity index (χ4n) is 4.36. The number of amides is 1. The van der Waals surface area contributed by atoms with E-state index in [1.165, 1.54) is 4.88 Å². The van der Waals surface area contributed by atoms with E-state index < -0.39 is 0 Å². The highest BCUT2D eigenvalue weighted by Crippen LogP contribution is 2.33. The monoisotopic (exact) mass is 441 g/mol. The summed E-state index contributed by atoms with van der Waals surface area (Å²) in [5.41, 5.74) is 1.97. The summed E-state index contributed by atoms with van der Waals surface area (Å²) in [6.45, 7) is 8.82. The Hall–Kier alpha value is -2.03. The van der Waals surface area contributed by atoms with Crippen molar-refractivity contribution in [2.24, 2.45) is 5.92 Å². The Kier molecular flexibility index (Phi) is 5.71. The average molecular weight is 442 g/mol. The van der Waals surface area contributed by atoms with Crippen LogP contribution in [0.25, 0.3) is 20.9 Å². The van der Waals surface area contributed by atoms with Crippen LogP contribution in [0, 0.1) is 5.92 Å². The molecule has 0 N–H and O–H groups in total. The molecule has 0 atom stereocenters. The van der Waals surface area contributed by atoms with Crippen LogP contribution in [0.4, 0.5) is 5.13 Å². The van der Waals surface area contributed by atoms with E-state index in [1.54, 1.807) is 22.7 Å². The minimum atomic E-state index is 0.160. The molecule has 2 fully saturated rings. The average Bonchev–Trinajstić information content (AvgIpc) is 3.48. The molecule has 3 aromatic rings. The Morgan fingerprint density at radius 2 is 1.87 bits per heavy atom. The van der Waals surface area contributed by atoms with Gasteiger partial charge in [-0.05, 0) is 43.0 Å². The van der Waals surface area contributed by atoms with Crippen LogP contribution < -0.4 is 4.90 Å². The van der Waals surface area contributed by atoms with Crippen molar-refractivity contribution in [1.82, 2.24) is 19.8 Å². The lowest BCUT2D eigenvalue weighted by molar-refractivity contribution is -0.137. The maximum absolute atomic E-state index is 12.9. The molecule has 0 aromatic carbocycles. The third kappa shape index (κ3) is 3.96. The first-order valence-electron chi connectivity index (χ1n) is 10.8. The van der Waals surface area contributed by atoms with Gasteiger partial charge < -0.3 is 14.7 Å². The molecule has 2 aliphatic heterocycles. The predicted molar refractivity (Wildman–Crippen MR) is 124 cm³/mol. The summed E-state index contributed by atoms with van der Waals surface area (Å²) < 4.78 is 0. The molecular weight excluding hydrogens is 414 g/mol. The molecule has 0 radical (unpaired) electrons. The molecule has 8 heteroatoms. The van der Waals surface area contributed by atoms with E-state index in [9.17, 15) is 4.79 Å². The van der Waals surface area contributed by atoms with Gasteiger partial charge in [-0.25, -0.2) is 9.97 Å². The summed E-state index contributed by atoms with van der Waals surface area (Å²) in [6.07, 6.45) is 1.83. The van der Waals surface area contributed by atoms with Crippen molar-refractivity contribution in [1.29, 1.82) is 0 Å². The van der Waals surface area contributed by atoms with Gasteiger partial charge in [0.25, 0.3) is 0 Å². The number of hydrogen-bond acceptors (Lipinski definition) is 7. The second-order valence-corrected chi connectivity index (χ2v) is 9.92. The van der Waals surface area contributed by atoms with Gasteiger partial charge in [-0.1, -0.05) is 24.3 Å². The van der Waals surface area contributed by atoms with Crippen LogP contribution in [0.3, 0.4) is 0 Å². The number of piperidine rings is 1. The normalized spacial score (nSPS) is 19.0. The van der Waals surface area contributed by atoms with Gasteiger partial charge in [0.05, 0.1) is 10.6 Å². The number of thiophene rings is 1. The minimum absolute atomic E-state index is 0.160. The number of pyridine rings is 1. The Morgan fingerprint density at radius 3 is 2.57 bits per heavy atom. The Labute approximate surface area is 185 Å². The zero-order valence-electron chi connectivity index (χ0n) is 17.3. The van der Waals surface area contributed by atoms with E-state index in [-0.39, 0.29) is 5.92 Å². The lowest BCUT2D eigenvalue weighted by Gasteiger charge is -2.38. The number of anilines is 1. The second kappa shape index (κ2) is 8.61. The van der Waals surface area contributed by atoms with Gasteiger partial charge in [-0.15, -0.1) is 11.3 Å². The molecule has 0 aliphatic carbocycles. The number of carbonyl (C=O) groups is 1. The van der Waals surface area contributed by atoms with Gasteiger partial charge in [-0.3, -0.25) is 4.79 Å². The van der Waals surface area contributed by atoms with Crippen molar-refractivity contribution in [2.45, 2.75) is 19.8 Å². The van der Waals surface area contributed by atoms with Crippen LogP contribution >= 0.6 is 22.7 Å². The smallest absolute Gasteiger partial charge is 0.225 e. The van der Waals surface area contributed by atoms with Crippen molar-refractivity contribution >= 4 is 44.1 Å².